The lowest BCUT2D eigenvalue weighted by Crippen LogP contribution is -2.38. The second-order valence-corrected chi connectivity index (χ2v) is 5.19. The molecule has 1 aromatic rings. The van der Waals surface area contributed by atoms with E-state index in [0.717, 1.165) is 17.0 Å². The van der Waals surface area contributed by atoms with Gasteiger partial charge in [0.2, 0.25) is 11.8 Å². The van der Waals surface area contributed by atoms with Crippen molar-refractivity contribution in [2.75, 3.05) is 18.0 Å². The SMILES string of the molecule is CC(=O)N(CCNC(=O)CC(C)C)c1c(F)cccc1F. The number of carbonyl (C=O) groups is 2. The van der Waals surface area contributed by atoms with Crippen LogP contribution in [0.5, 0.6) is 0 Å². The van der Waals surface area contributed by atoms with Crippen LogP contribution in [0.25, 0.3) is 0 Å². The van der Waals surface area contributed by atoms with Gasteiger partial charge in [-0.2, -0.15) is 0 Å². The van der Waals surface area contributed by atoms with E-state index >= 15 is 0 Å². The van der Waals surface area contributed by atoms with Crippen molar-refractivity contribution in [2.45, 2.75) is 27.2 Å². The predicted molar refractivity (Wildman–Crippen MR) is 76.8 cm³/mol. The largest absolute Gasteiger partial charge is 0.354 e. The van der Waals surface area contributed by atoms with Gasteiger partial charge >= 0.3 is 0 Å². The first-order chi connectivity index (χ1) is 9.82. The molecule has 0 radical (unpaired) electrons. The van der Waals surface area contributed by atoms with E-state index in [-0.39, 0.29) is 30.6 Å². The Morgan fingerprint density at radius 3 is 2.29 bits per heavy atom. The Bertz CT molecular complexity index is 498. The molecule has 116 valence electrons. The number of rotatable bonds is 6. The summed E-state index contributed by atoms with van der Waals surface area (Å²) in [5, 5.41) is 2.63. The highest BCUT2D eigenvalue weighted by molar-refractivity contribution is 5.91. The lowest BCUT2D eigenvalue weighted by Gasteiger charge is -2.22. The normalized spacial score (nSPS) is 10.6. The number of anilines is 1. The van der Waals surface area contributed by atoms with Gasteiger partial charge in [0.05, 0.1) is 0 Å². The van der Waals surface area contributed by atoms with Gasteiger partial charge in [-0.15, -0.1) is 0 Å². The molecule has 0 aliphatic heterocycles. The van der Waals surface area contributed by atoms with Crippen LogP contribution in [0.15, 0.2) is 18.2 Å². The van der Waals surface area contributed by atoms with E-state index < -0.39 is 17.5 Å². The molecule has 0 saturated heterocycles. The first-order valence-corrected chi connectivity index (χ1v) is 6.81. The van der Waals surface area contributed by atoms with Crippen LogP contribution in [-0.4, -0.2) is 24.9 Å². The van der Waals surface area contributed by atoms with Gasteiger partial charge in [0, 0.05) is 26.4 Å². The third kappa shape index (κ3) is 5.13. The summed E-state index contributed by atoms with van der Waals surface area (Å²) in [6.45, 7) is 5.20. The Hall–Kier alpha value is -1.98. The topological polar surface area (TPSA) is 49.4 Å². The quantitative estimate of drug-likeness (QED) is 0.877. The maximum absolute atomic E-state index is 13.7. The molecule has 2 amide bonds. The monoisotopic (exact) mass is 298 g/mol. The first kappa shape index (κ1) is 17.1. The van der Waals surface area contributed by atoms with Crippen LogP contribution >= 0.6 is 0 Å². The molecular weight excluding hydrogens is 278 g/mol. The number of nitrogens with one attached hydrogen (secondary N) is 1. The van der Waals surface area contributed by atoms with Crippen LogP contribution < -0.4 is 10.2 Å². The standard InChI is InChI=1S/C15H20F2N2O2/c1-10(2)9-14(21)18-7-8-19(11(3)20)15-12(16)5-4-6-13(15)17/h4-6,10H,7-9H2,1-3H3,(H,18,21). The summed E-state index contributed by atoms with van der Waals surface area (Å²) in [6.07, 6.45) is 0.369. The van der Waals surface area contributed by atoms with Crippen molar-refractivity contribution in [2.24, 2.45) is 5.92 Å². The lowest BCUT2D eigenvalue weighted by atomic mass is 10.1. The molecule has 6 heteroatoms. The van der Waals surface area contributed by atoms with Crippen molar-refractivity contribution in [1.82, 2.24) is 5.32 Å². The summed E-state index contributed by atoms with van der Waals surface area (Å²) in [4.78, 5) is 24.1. The summed E-state index contributed by atoms with van der Waals surface area (Å²) in [5.41, 5.74) is -0.386. The highest BCUT2D eigenvalue weighted by Gasteiger charge is 2.19. The second-order valence-electron chi connectivity index (χ2n) is 5.19. The Labute approximate surface area is 123 Å². The number of halogens is 2. The van der Waals surface area contributed by atoms with Crippen molar-refractivity contribution in [3.8, 4) is 0 Å². The maximum atomic E-state index is 13.7. The fraction of sp³-hybridized carbons (Fsp3) is 0.467. The van der Waals surface area contributed by atoms with Gasteiger partial charge in [-0.1, -0.05) is 19.9 Å². The van der Waals surface area contributed by atoms with Crippen molar-refractivity contribution < 1.29 is 18.4 Å². The second kappa shape index (κ2) is 7.71. The summed E-state index contributed by atoms with van der Waals surface area (Å²) in [6, 6.07) is 3.41. The number of benzene rings is 1. The average Bonchev–Trinajstić information content (AvgIpc) is 2.35. The van der Waals surface area contributed by atoms with Crippen LogP contribution in [0, 0.1) is 17.6 Å². The minimum atomic E-state index is -0.807. The number of amides is 2. The van der Waals surface area contributed by atoms with Crippen LogP contribution in [0.1, 0.15) is 27.2 Å². The molecule has 0 atom stereocenters. The molecule has 0 saturated carbocycles. The van der Waals surface area contributed by atoms with E-state index in [1.807, 2.05) is 13.8 Å². The fourth-order valence-corrected chi connectivity index (χ4v) is 1.92. The van der Waals surface area contributed by atoms with E-state index in [4.69, 9.17) is 0 Å². The number of hydrogen-bond acceptors (Lipinski definition) is 2. The highest BCUT2D eigenvalue weighted by atomic mass is 19.1. The maximum Gasteiger partial charge on any atom is 0.224 e. The molecule has 0 fully saturated rings. The van der Waals surface area contributed by atoms with E-state index in [0.29, 0.717) is 6.42 Å². The van der Waals surface area contributed by atoms with E-state index in [1.165, 1.54) is 13.0 Å². The zero-order chi connectivity index (χ0) is 16.0. The summed E-state index contributed by atoms with van der Waals surface area (Å²) >= 11 is 0. The van der Waals surface area contributed by atoms with Gasteiger partial charge in [0.1, 0.15) is 17.3 Å². The Balaban J connectivity index is 2.72. The van der Waals surface area contributed by atoms with Crippen molar-refractivity contribution >= 4 is 17.5 Å². The molecular formula is C15H20F2N2O2. The summed E-state index contributed by atoms with van der Waals surface area (Å²) in [5.74, 6) is -2.03. The molecule has 1 N–H and O–H groups in total. The molecule has 0 heterocycles. The van der Waals surface area contributed by atoms with Crippen molar-refractivity contribution in [1.29, 1.82) is 0 Å². The zero-order valence-electron chi connectivity index (χ0n) is 12.5. The van der Waals surface area contributed by atoms with E-state index in [1.54, 1.807) is 0 Å². The number of hydrogen-bond donors (Lipinski definition) is 1. The van der Waals surface area contributed by atoms with E-state index in [2.05, 4.69) is 5.32 Å². The van der Waals surface area contributed by atoms with Crippen molar-refractivity contribution in [3.05, 3.63) is 29.8 Å². The molecule has 1 rings (SSSR count). The zero-order valence-corrected chi connectivity index (χ0v) is 12.5. The molecule has 0 spiro atoms. The highest BCUT2D eigenvalue weighted by Crippen LogP contribution is 2.22. The van der Waals surface area contributed by atoms with Crippen LogP contribution in [0.2, 0.25) is 0 Å². The first-order valence-electron chi connectivity index (χ1n) is 6.81. The molecule has 1 aromatic carbocycles. The molecule has 0 unspecified atom stereocenters. The molecule has 21 heavy (non-hydrogen) atoms. The van der Waals surface area contributed by atoms with Crippen LogP contribution in [0.3, 0.4) is 0 Å². The summed E-state index contributed by atoms with van der Waals surface area (Å²) in [7, 11) is 0. The van der Waals surface area contributed by atoms with Gasteiger partial charge < -0.3 is 10.2 Å². The van der Waals surface area contributed by atoms with E-state index in [9.17, 15) is 18.4 Å². The summed E-state index contributed by atoms with van der Waals surface area (Å²) < 4.78 is 27.4. The van der Waals surface area contributed by atoms with Crippen LogP contribution in [0.4, 0.5) is 14.5 Å². The van der Waals surface area contributed by atoms with Gasteiger partial charge in [-0.3, -0.25) is 9.59 Å². The Morgan fingerprint density at radius 2 is 1.81 bits per heavy atom. The molecule has 0 bridgehead atoms. The molecule has 4 nitrogen and oxygen atoms in total. The average molecular weight is 298 g/mol. The number of para-hydroxylation sites is 1. The third-order valence-corrected chi connectivity index (χ3v) is 2.84. The van der Waals surface area contributed by atoms with Gasteiger partial charge in [-0.25, -0.2) is 8.78 Å². The predicted octanol–water partition coefficient (Wildman–Crippen LogP) is 2.48. The van der Waals surface area contributed by atoms with Gasteiger partial charge in [0.25, 0.3) is 0 Å². The van der Waals surface area contributed by atoms with Gasteiger partial charge in [-0.05, 0) is 18.1 Å². The van der Waals surface area contributed by atoms with Crippen molar-refractivity contribution in [3.63, 3.8) is 0 Å². The fourth-order valence-electron chi connectivity index (χ4n) is 1.92. The smallest absolute Gasteiger partial charge is 0.224 e. The lowest BCUT2D eigenvalue weighted by molar-refractivity contribution is -0.122. The van der Waals surface area contributed by atoms with Gasteiger partial charge in [0.15, 0.2) is 0 Å². The minimum Gasteiger partial charge on any atom is -0.354 e. The Morgan fingerprint density at radius 1 is 1.24 bits per heavy atom. The number of nitrogens with zero attached hydrogens (tertiary/aromatic N) is 1. The third-order valence-electron chi connectivity index (χ3n) is 2.84. The minimum absolute atomic E-state index is 0.0109. The Kier molecular flexibility index (Phi) is 6.27. The van der Waals surface area contributed by atoms with Crippen LogP contribution in [-0.2, 0) is 9.59 Å². The molecule has 0 aliphatic rings. The molecule has 0 aliphatic carbocycles. The molecule has 0 aromatic heterocycles. The number of carbonyl (C=O) groups excluding carboxylic acids is 2.